The summed E-state index contributed by atoms with van der Waals surface area (Å²) in [4.78, 5) is 26.5. The number of rotatable bonds is 4. The molecule has 0 radical (unpaired) electrons. The number of anilines is 1. The standard InChI is InChI=1S/C20H22N2O2/c1-3-14-8-10-15(11-9-14)13-22(2)20(24)17-12-19(23)21-18-7-5-4-6-16(17)18/h4-11,17H,3,12-13H2,1-2H3,(H,21,23). The second-order valence-corrected chi connectivity index (χ2v) is 6.26. The molecule has 0 aromatic heterocycles. The summed E-state index contributed by atoms with van der Waals surface area (Å²) in [6.07, 6.45) is 1.21. The molecule has 2 aromatic carbocycles. The van der Waals surface area contributed by atoms with E-state index in [0.717, 1.165) is 23.2 Å². The van der Waals surface area contributed by atoms with Crippen LogP contribution in [0.5, 0.6) is 0 Å². The predicted octanol–water partition coefficient (Wildman–Crippen LogP) is 3.33. The van der Waals surface area contributed by atoms with E-state index in [1.165, 1.54) is 5.56 Å². The number of nitrogens with zero attached hydrogens (tertiary/aromatic N) is 1. The van der Waals surface area contributed by atoms with Gasteiger partial charge in [0.25, 0.3) is 0 Å². The summed E-state index contributed by atoms with van der Waals surface area (Å²) >= 11 is 0. The quantitative estimate of drug-likeness (QED) is 0.938. The molecule has 1 unspecified atom stereocenters. The molecule has 0 fully saturated rings. The molecule has 1 atom stereocenters. The zero-order valence-electron chi connectivity index (χ0n) is 14.1. The third kappa shape index (κ3) is 3.32. The van der Waals surface area contributed by atoms with Gasteiger partial charge in [0.2, 0.25) is 11.8 Å². The highest BCUT2D eigenvalue weighted by Crippen LogP contribution is 2.33. The number of benzene rings is 2. The number of para-hydroxylation sites is 1. The number of nitrogens with one attached hydrogen (secondary N) is 1. The molecule has 1 heterocycles. The molecule has 0 bridgehead atoms. The number of carbonyl (C=O) groups excluding carboxylic acids is 2. The van der Waals surface area contributed by atoms with Crippen molar-refractivity contribution in [2.75, 3.05) is 12.4 Å². The lowest BCUT2D eigenvalue weighted by atomic mass is 9.89. The Labute approximate surface area is 142 Å². The van der Waals surface area contributed by atoms with Crippen LogP contribution in [0, 0.1) is 0 Å². The van der Waals surface area contributed by atoms with Gasteiger partial charge in [-0.25, -0.2) is 0 Å². The SMILES string of the molecule is CCc1ccc(CN(C)C(=O)C2CC(=O)Nc3ccccc32)cc1. The van der Waals surface area contributed by atoms with Gasteiger partial charge in [-0.1, -0.05) is 49.4 Å². The number of aryl methyl sites for hydroxylation is 1. The van der Waals surface area contributed by atoms with Gasteiger partial charge >= 0.3 is 0 Å². The van der Waals surface area contributed by atoms with Crippen molar-refractivity contribution in [1.82, 2.24) is 4.90 Å². The van der Waals surface area contributed by atoms with Crippen molar-refractivity contribution in [2.24, 2.45) is 0 Å². The Bertz CT molecular complexity index is 752. The monoisotopic (exact) mass is 322 g/mol. The van der Waals surface area contributed by atoms with E-state index < -0.39 is 5.92 Å². The fourth-order valence-electron chi connectivity index (χ4n) is 3.13. The van der Waals surface area contributed by atoms with Gasteiger partial charge in [-0.05, 0) is 29.2 Å². The molecule has 124 valence electrons. The molecular formula is C20H22N2O2. The first-order valence-corrected chi connectivity index (χ1v) is 8.30. The van der Waals surface area contributed by atoms with Crippen molar-refractivity contribution in [3.8, 4) is 0 Å². The summed E-state index contributed by atoms with van der Waals surface area (Å²) in [6, 6.07) is 15.8. The zero-order valence-corrected chi connectivity index (χ0v) is 14.1. The van der Waals surface area contributed by atoms with Crippen molar-refractivity contribution < 1.29 is 9.59 Å². The van der Waals surface area contributed by atoms with E-state index in [9.17, 15) is 9.59 Å². The Morgan fingerprint density at radius 3 is 2.50 bits per heavy atom. The molecule has 4 heteroatoms. The normalized spacial score (nSPS) is 16.2. The third-order valence-electron chi connectivity index (χ3n) is 4.53. The summed E-state index contributed by atoms with van der Waals surface area (Å²) < 4.78 is 0. The van der Waals surface area contributed by atoms with E-state index >= 15 is 0 Å². The van der Waals surface area contributed by atoms with E-state index in [-0.39, 0.29) is 18.2 Å². The number of likely N-dealkylation sites (N-methyl/N-ethyl adjacent to an activating group) is 1. The first-order chi connectivity index (χ1) is 11.6. The first-order valence-electron chi connectivity index (χ1n) is 8.30. The van der Waals surface area contributed by atoms with Crippen molar-refractivity contribution in [3.05, 3.63) is 65.2 Å². The van der Waals surface area contributed by atoms with Crippen molar-refractivity contribution in [3.63, 3.8) is 0 Å². The van der Waals surface area contributed by atoms with Crippen molar-refractivity contribution >= 4 is 17.5 Å². The third-order valence-corrected chi connectivity index (χ3v) is 4.53. The molecule has 1 aliphatic rings. The number of hydrogen-bond donors (Lipinski definition) is 1. The largest absolute Gasteiger partial charge is 0.341 e. The minimum absolute atomic E-state index is 0.0168. The van der Waals surface area contributed by atoms with E-state index in [1.807, 2.05) is 24.3 Å². The molecule has 0 spiro atoms. The summed E-state index contributed by atoms with van der Waals surface area (Å²) in [5.41, 5.74) is 4.02. The minimum Gasteiger partial charge on any atom is -0.341 e. The van der Waals surface area contributed by atoms with Crippen LogP contribution in [0.4, 0.5) is 5.69 Å². The summed E-state index contributed by atoms with van der Waals surface area (Å²) in [5.74, 6) is -0.528. The van der Waals surface area contributed by atoms with Crippen LogP contribution in [0.15, 0.2) is 48.5 Å². The lowest BCUT2D eigenvalue weighted by molar-refractivity contribution is -0.134. The van der Waals surface area contributed by atoms with Crippen LogP contribution >= 0.6 is 0 Å². The molecule has 0 saturated heterocycles. The van der Waals surface area contributed by atoms with Gasteiger partial charge < -0.3 is 10.2 Å². The molecule has 2 aromatic rings. The minimum atomic E-state index is -0.408. The maximum atomic E-state index is 12.9. The number of amides is 2. The second kappa shape index (κ2) is 6.87. The Morgan fingerprint density at radius 2 is 1.79 bits per heavy atom. The van der Waals surface area contributed by atoms with E-state index in [4.69, 9.17) is 0 Å². The molecule has 4 nitrogen and oxygen atoms in total. The first kappa shape index (κ1) is 16.2. The smallest absolute Gasteiger partial charge is 0.230 e. The van der Waals surface area contributed by atoms with Crippen LogP contribution in [0.1, 0.15) is 36.0 Å². The molecule has 1 N–H and O–H groups in total. The van der Waals surface area contributed by atoms with Crippen LogP contribution in [0.2, 0.25) is 0 Å². The molecule has 0 aliphatic carbocycles. The molecule has 24 heavy (non-hydrogen) atoms. The average molecular weight is 322 g/mol. The van der Waals surface area contributed by atoms with Crippen LogP contribution in [-0.2, 0) is 22.6 Å². The van der Waals surface area contributed by atoms with Crippen LogP contribution < -0.4 is 5.32 Å². The molecular weight excluding hydrogens is 300 g/mol. The van der Waals surface area contributed by atoms with Gasteiger partial charge in [0.05, 0.1) is 5.92 Å². The van der Waals surface area contributed by atoms with E-state index in [1.54, 1.807) is 11.9 Å². The highest BCUT2D eigenvalue weighted by molar-refractivity contribution is 6.01. The number of hydrogen-bond acceptors (Lipinski definition) is 2. The second-order valence-electron chi connectivity index (χ2n) is 6.26. The molecule has 3 rings (SSSR count). The highest BCUT2D eigenvalue weighted by Gasteiger charge is 2.32. The van der Waals surface area contributed by atoms with Gasteiger partial charge in [0.1, 0.15) is 0 Å². The zero-order chi connectivity index (χ0) is 17.1. The van der Waals surface area contributed by atoms with Gasteiger partial charge in [0.15, 0.2) is 0 Å². The van der Waals surface area contributed by atoms with Crippen LogP contribution in [0.25, 0.3) is 0 Å². The van der Waals surface area contributed by atoms with Gasteiger partial charge in [0, 0.05) is 25.7 Å². The number of carbonyl (C=O) groups is 2. The van der Waals surface area contributed by atoms with Gasteiger partial charge in [-0.2, -0.15) is 0 Å². The summed E-state index contributed by atoms with van der Waals surface area (Å²) in [6.45, 7) is 2.67. The maximum absolute atomic E-state index is 12.9. The van der Waals surface area contributed by atoms with Crippen molar-refractivity contribution in [2.45, 2.75) is 32.2 Å². The summed E-state index contributed by atoms with van der Waals surface area (Å²) in [7, 11) is 1.80. The Kier molecular flexibility index (Phi) is 4.65. The van der Waals surface area contributed by atoms with E-state index in [2.05, 4.69) is 36.5 Å². The Balaban J connectivity index is 1.76. The summed E-state index contributed by atoms with van der Waals surface area (Å²) in [5, 5.41) is 2.84. The maximum Gasteiger partial charge on any atom is 0.230 e. The topological polar surface area (TPSA) is 49.4 Å². The highest BCUT2D eigenvalue weighted by atomic mass is 16.2. The van der Waals surface area contributed by atoms with Crippen LogP contribution in [0.3, 0.4) is 0 Å². The number of fused-ring (bicyclic) bond motifs is 1. The lowest BCUT2D eigenvalue weighted by Gasteiger charge is -2.28. The Hall–Kier alpha value is -2.62. The average Bonchev–Trinajstić information content (AvgIpc) is 2.61. The van der Waals surface area contributed by atoms with E-state index in [0.29, 0.717) is 6.54 Å². The lowest BCUT2D eigenvalue weighted by Crippen LogP contribution is -2.36. The Morgan fingerprint density at radius 1 is 1.12 bits per heavy atom. The van der Waals surface area contributed by atoms with Gasteiger partial charge in [-0.3, -0.25) is 9.59 Å². The fourth-order valence-corrected chi connectivity index (χ4v) is 3.13. The van der Waals surface area contributed by atoms with Gasteiger partial charge in [-0.15, -0.1) is 0 Å². The van der Waals surface area contributed by atoms with Crippen molar-refractivity contribution in [1.29, 1.82) is 0 Å². The predicted molar refractivity (Wildman–Crippen MR) is 94.7 cm³/mol. The van der Waals surface area contributed by atoms with Crippen LogP contribution in [-0.4, -0.2) is 23.8 Å². The molecule has 1 aliphatic heterocycles. The fraction of sp³-hybridized carbons (Fsp3) is 0.300. The molecule has 0 saturated carbocycles. The molecule has 2 amide bonds.